The van der Waals surface area contributed by atoms with Crippen molar-refractivity contribution >= 4 is 29.3 Å². The average molecular weight is 420 g/mol. The van der Waals surface area contributed by atoms with Crippen LogP contribution in [-0.4, -0.2) is 42.6 Å². The molecule has 1 aliphatic carbocycles. The van der Waals surface area contributed by atoms with Crippen molar-refractivity contribution in [2.24, 2.45) is 5.92 Å². The SMILES string of the molecule is Cc1ccc(Cl)c(C(=O)NC[C@H]2CC[C@@H](Nc3nccc(N(C)C)n3)CC2)c1F. The normalized spacial score (nSPS) is 18.9. The van der Waals surface area contributed by atoms with E-state index in [4.69, 9.17) is 11.6 Å². The Hall–Kier alpha value is -2.41. The van der Waals surface area contributed by atoms with Gasteiger partial charge in [0.15, 0.2) is 0 Å². The summed E-state index contributed by atoms with van der Waals surface area (Å²) in [5, 5.41) is 6.39. The van der Waals surface area contributed by atoms with Crippen molar-refractivity contribution in [3.8, 4) is 0 Å². The highest BCUT2D eigenvalue weighted by Gasteiger charge is 2.24. The highest BCUT2D eigenvalue weighted by Crippen LogP contribution is 2.26. The summed E-state index contributed by atoms with van der Waals surface area (Å²) in [5.41, 5.74) is 0.339. The number of nitrogens with one attached hydrogen (secondary N) is 2. The minimum absolute atomic E-state index is 0.0695. The lowest BCUT2D eigenvalue weighted by Crippen LogP contribution is -2.34. The number of aromatic nitrogens is 2. The summed E-state index contributed by atoms with van der Waals surface area (Å²) in [4.78, 5) is 23.1. The minimum Gasteiger partial charge on any atom is -0.363 e. The van der Waals surface area contributed by atoms with Crippen LogP contribution in [0.5, 0.6) is 0 Å². The fourth-order valence-corrected chi connectivity index (χ4v) is 3.78. The number of amides is 1. The van der Waals surface area contributed by atoms with Crippen molar-refractivity contribution in [3.63, 3.8) is 0 Å². The average Bonchev–Trinajstić information content (AvgIpc) is 2.71. The molecule has 0 aliphatic heterocycles. The van der Waals surface area contributed by atoms with E-state index in [2.05, 4.69) is 20.6 Å². The molecule has 2 aromatic rings. The Morgan fingerprint density at radius 3 is 2.66 bits per heavy atom. The first-order valence-corrected chi connectivity index (χ1v) is 10.2. The third-order valence-electron chi connectivity index (χ3n) is 5.34. The second-order valence-corrected chi connectivity index (χ2v) is 8.17. The summed E-state index contributed by atoms with van der Waals surface area (Å²) in [7, 11) is 3.89. The van der Waals surface area contributed by atoms with Crippen molar-refractivity contribution in [3.05, 3.63) is 46.4 Å². The van der Waals surface area contributed by atoms with Crippen molar-refractivity contribution in [2.75, 3.05) is 30.9 Å². The number of halogens is 2. The maximum absolute atomic E-state index is 14.2. The summed E-state index contributed by atoms with van der Waals surface area (Å²) in [6.07, 6.45) is 5.62. The molecule has 1 aliphatic rings. The molecule has 2 N–H and O–H groups in total. The van der Waals surface area contributed by atoms with Crippen LogP contribution in [-0.2, 0) is 0 Å². The molecule has 0 unspecified atom stereocenters. The first-order chi connectivity index (χ1) is 13.8. The standard InChI is InChI=1S/C21H27ClFN5O/c1-13-4-9-16(22)18(19(13)23)20(29)25-12-14-5-7-15(8-6-14)26-21-24-11-10-17(27-21)28(2)3/h4,9-11,14-15H,5-8,12H2,1-3H3,(H,25,29)(H,24,26,27)/t14-,15+. The van der Waals surface area contributed by atoms with Crippen LogP contribution in [0.1, 0.15) is 41.6 Å². The molecule has 0 radical (unpaired) electrons. The van der Waals surface area contributed by atoms with E-state index in [9.17, 15) is 9.18 Å². The molecule has 1 amide bonds. The number of benzene rings is 1. The van der Waals surface area contributed by atoms with Gasteiger partial charge in [0.2, 0.25) is 5.95 Å². The van der Waals surface area contributed by atoms with E-state index in [1.807, 2.05) is 25.1 Å². The predicted octanol–water partition coefficient (Wildman–Crippen LogP) is 4.04. The van der Waals surface area contributed by atoms with E-state index in [0.29, 0.717) is 30.0 Å². The molecule has 0 atom stereocenters. The monoisotopic (exact) mass is 419 g/mol. The van der Waals surface area contributed by atoms with E-state index in [0.717, 1.165) is 31.5 Å². The topological polar surface area (TPSA) is 70.2 Å². The second kappa shape index (κ2) is 9.39. The quantitative estimate of drug-likeness (QED) is 0.739. The van der Waals surface area contributed by atoms with Crippen LogP contribution in [0.2, 0.25) is 5.02 Å². The Morgan fingerprint density at radius 1 is 1.24 bits per heavy atom. The number of nitrogens with zero attached hydrogens (tertiary/aromatic N) is 3. The Labute approximate surface area is 175 Å². The first-order valence-electron chi connectivity index (χ1n) is 9.85. The highest BCUT2D eigenvalue weighted by molar-refractivity contribution is 6.33. The molecular formula is C21H27ClFN5O. The van der Waals surface area contributed by atoms with Gasteiger partial charge >= 0.3 is 0 Å². The van der Waals surface area contributed by atoms with E-state index < -0.39 is 11.7 Å². The third-order valence-corrected chi connectivity index (χ3v) is 5.66. The molecule has 29 heavy (non-hydrogen) atoms. The minimum atomic E-state index is -0.553. The zero-order valence-electron chi connectivity index (χ0n) is 17.0. The molecular weight excluding hydrogens is 393 g/mol. The Balaban J connectivity index is 1.49. The van der Waals surface area contributed by atoms with Gasteiger partial charge in [-0.2, -0.15) is 4.98 Å². The molecule has 3 rings (SSSR count). The first kappa shape index (κ1) is 21.3. The number of aryl methyl sites for hydroxylation is 1. The summed E-state index contributed by atoms with van der Waals surface area (Å²) in [6, 6.07) is 5.30. The summed E-state index contributed by atoms with van der Waals surface area (Å²) < 4.78 is 14.2. The lowest BCUT2D eigenvalue weighted by Gasteiger charge is -2.29. The summed E-state index contributed by atoms with van der Waals surface area (Å²) >= 11 is 6.02. The van der Waals surface area contributed by atoms with Gasteiger partial charge in [-0.15, -0.1) is 0 Å². The number of rotatable bonds is 6. The van der Waals surface area contributed by atoms with Gasteiger partial charge in [-0.05, 0) is 56.2 Å². The Bertz CT molecular complexity index is 868. The fraction of sp³-hybridized carbons (Fsp3) is 0.476. The van der Waals surface area contributed by atoms with E-state index in [1.165, 1.54) is 0 Å². The van der Waals surface area contributed by atoms with Gasteiger partial charge < -0.3 is 15.5 Å². The van der Waals surface area contributed by atoms with Gasteiger partial charge in [0.1, 0.15) is 11.6 Å². The Kier molecular flexibility index (Phi) is 6.90. The molecule has 0 saturated heterocycles. The largest absolute Gasteiger partial charge is 0.363 e. The maximum Gasteiger partial charge on any atom is 0.255 e. The molecule has 0 bridgehead atoms. The molecule has 6 nitrogen and oxygen atoms in total. The van der Waals surface area contributed by atoms with Crippen molar-refractivity contribution < 1.29 is 9.18 Å². The van der Waals surface area contributed by atoms with Crippen molar-refractivity contribution in [2.45, 2.75) is 38.6 Å². The van der Waals surface area contributed by atoms with Gasteiger partial charge in [-0.3, -0.25) is 4.79 Å². The smallest absolute Gasteiger partial charge is 0.255 e. The summed E-state index contributed by atoms with van der Waals surface area (Å²) in [5.74, 6) is 0.851. The van der Waals surface area contributed by atoms with Gasteiger partial charge in [0, 0.05) is 32.9 Å². The molecule has 1 saturated carbocycles. The van der Waals surface area contributed by atoms with E-state index in [1.54, 1.807) is 25.3 Å². The van der Waals surface area contributed by atoms with Gasteiger partial charge in [0.05, 0.1) is 10.6 Å². The number of hydrogen-bond acceptors (Lipinski definition) is 5. The molecule has 1 aromatic heterocycles. The number of carbonyl (C=O) groups excluding carboxylic acids is 1. The molecule has 1 fully saturated rings. The van der Waals surface area contributed by atoms with Crippen LogP contribution >= 0.6 is 11.6 Å². The van der Waals surface area contributed by atoms with Crippen LogP contribution in [0.3, 0.4) is 0 Å². The number of anilines is 2. The van der Waals surface area contributed by atoms with Crippen LogP contribution in [0.25, 0.3) is 0 Å². The van der Waals surface area contributed by atoms with E-state index >= 15 is 0 Å². The summed E-state index contributed by atoms with van der Waals surface area (Å²) in [6.45, 7) is 2.14. The van der Waals surface area contributed by atoms with Crippen molar-refractivity contribution in [1.82, 2.24) is 15.3 Å². The Morgan fingerprint density at radius 2 is 1.97 bits per heavy atom. The van der Waals surface area contributed by atoms with Crippen LogP contribution in [0, 0.1) is 18.7 Å². The molecule has 8 heteroatoms. The van der Waals surface area contributed by atoms with Crippen LogP contribution in [0.4, 0.5) is 16.2 Å². The van der Waals surface area contributed by atoms with E-state index in [-0.39, 0.29) is 10.6 Å². The fourth-order valence-electron chi connectivity index (χ4n) is 3.55. The van der Waals surface area contributed by atoms with Gasteiger partial charge in [-0.25, -0.2) is 9.37 Å². The highest BCUT2D eigenvalue weighted by atomic mass is 35.5. The zero-order chi connectivity index (χ0) is 21.0. The van der Waals surface area contributed by atoms with Crippen LogP contribution < -0.4 is 15.5 Å². The maximum atomic E-state index is 14.2. The number of hydrogen-bond donors (Lipinski definition) is 2. The molecule has 156 valence electrons. The molecule has 0 spiro atoms. The second-order valence-electron chi connectivity index (χ2n) is 7.76. The zero-order valence-corrected chi connectivity index (χ0v) is 17.8. The van der Waals surface area contributed by atoms with Crippen molar-refractivity contribution in [1.29, 1.82) is 0 Å². The van der Waals surface area contributed by atoms with Crippen LogP contribution in [0.15, 0.2) is 24.4 Å². The molecule has 1 heterocycles. The third kappa shape index (κ3) is 5.35. The molecule has 1 aromatic carbocycles. The lowest BCUT2D eigenvalue weighted by molar-refractivity contribution is 0.0939. The lowest BCUT2D eigenvalue weighted by atomic mass is 9.86. The van der Waals surface area contributed by atoms with Gasteiger partial charge in [-0.1, -0.05) is 17.7 Å². The predicted molar refractivity (Wildman–Crippen MR) is 114 cm³/mol. The van der Waals surface area contributed by atoms with Gasteiger partial charge in [0.25, 0.3) is 5.91 Å². The number of carbonyl (C=O) groups is 1.